The van der Waals surface area contributed by atoms with E-state index < -0.39 is 0 Å². The highest BCUT2D eigenvalue weighted by molar-refractivity contribution is 5.93. The highest BCUT2D eigenvalue weighted by Gasteiger charge is 2.07. The number of rotatable bonds is 10. The smallest absolute Gasteiger partial charge is 0.195 e. The second-order valence-corrected chi connectivity index (χ2v) is 6.63. The lowest BCUT2D eigenvalue weighted by Gasteiger charge is -2.18. The first-order valence-electron chi connectivity index (χ1n) is 10.2. The van der Waals surface area contributed by atoms with E-state index in [2.05, 4.69) is 58.6 Å². The molecular weight excluding hydrogens is 364 g/mol. The van der Waals surface area contributed by atoms with Crippen molar-refractivity contribution in [1.29, 1.82) is 0 Å². The summed E-state index contributed by atoms with van der Waals surface area (Å²) in [5, 5.41) is 6.65. The summed E-state index contributed by atoms with van der Waals surface area (Å²) < 4.78 is 11.0. The summed E-state index contributed by atoms with van der Waals surface area (Å²) in [5.74, 6) is 2.12. The Balaban J connectivity index is 1.94. The van der Waals surface area contributed by atoms with Crippen molar-refractivity contribution in [3.8, 4) is 11.5 Å². The summed E-state index contributed by atoms with van der Waals surface area (Å²) in [6.07, 6.45) is 0. The second-order valence-electron chi connectivity index (χ2n) is 6.63. The second kappa shape index (κ2) is 12.0. The number of benzene rings is 2. The molecule has 0 aliphatic rings. The molecule has 0 unspecified atom stereocenters. The third-order valence-corrected chi connectivity index (χ3v) is 4.73. The Morgan fingerprint density at radius 2 is 1.66 bits per heavy atom. The topological polar surface area (TPSA) is 58.1 Å². The Kier molecular flexibility index (Phi) is 9.31. The summed E-state index contributed by atoms with van der Waals surface area (Å²) in [6, 6.07) is 14.5. The number of nitrogens with zero attached hydrogens (tertiary/aromatic N) is 2. The predicted octanol–water partition coefficient (Wildman–Crippen LogP) is 4.12. The van der Waals surface area contributed by atoms with Gasteiger partial charge in [-0.05, 0) is 43.3 Å². The van der Waals surface area contributed by atoms with Crippen LogP contribution in [0.1, 0.15) is 31.9 Å². The summed E-state index contributed by atoms with van der Waals surface area (Å²) in [6.45, 7) is 10.7. The van der Waals surface area contributed by atoms with Crippen molar-refractivity contribution in [1.82, 2.24) is 10.2 Å². The average molecular weight is 399 g/mol. The van der Waals surface area contributed by atoms with E-state index in [1.165, 1.54) is 11.1 Å². The Labute approximate surface area is 174 Å². The molecule has 0 aromatic heterocycles. The van der Waals surface area contributed by atoms with Crippen LogP contribution in [0.25, 0.3) is 0 Å². The van der Waals surface area contributed by atoms with E-state index in [-0.39, 0.29) is 0 Å². The van der Waals surface area contributed by atoms with E-state index in [9.17, 15) is 0 Å². The van der Waals surface area contributed by atoms with Crippen LogP contribution in [0, 0.1) is 0 Å². The third kappa shape index (κ3) is 6.98. The third-order valence-electron chi connectivity index (χ3n) is 4.73. The van der Waals surface area contributed by atoms with Crippen molar-refractivity contribution in [3.63, 3.8) is 0 Å². The monoisotopic (exact) mass is 398 g/mol. The van der Waals surface area contributed by atoms with Crippen LogP contribution in [-0.4, -0.2) is 44.7 Å². The van der Waals surface area contributed by atoms with Crippen LogP contribution in [0.2, 0.25) is 0 Å². The van der Waals surface area contributed by atoms with Crippen molar-refractivity contribution >= 4 is 11.6 Å². The van der Waals surface area contributed by atoms with E-state index in [1.54, 1.807) is 14.2 Å². The lowest BCUT2D eigenvalue weighted by molar-refractivity contribution is 0.296. The molecule has 2 aromatic rings. The normalized spacial score (nSPS) is 11.4. The van der Waals surface area contributed by atoms with Crippen molar-refractivity contribution in [2.75, 3.05) is 39.2 Å². The molecule has 0 aliphatic heterocycles. The number of methoxy groups -OCH3 is 1. The van der Waals surface area contributed by atoms with Crippen LogP contribution in [0.15, 0.2) is 47.5 Å². The highest BCUT2D eigenvalue weighted by Crippen LogP contribution is 2.30. The van der Waals surface area contributed by atoms with Gasteiger partial charge in [-0.25, -0.2) is 0 Å². The van der Waals surface area contributed by atoms with E-state index in [4.69, 9.17) is 9.47 Å². The zero-order valence-electron chi connectivity index (χ0n) is 18.3. The maximum atomic E-state index is 5.64. The molecule has 0 saturated carbocycles. The van der Waals surface area contributed by atoms with Crippen LogP contribution in [0.3, 0.4) is 0 Å². The molecule has 2 rings (SSSR count). The molecule has 0 atom stereocenters. The average Bonchev–Trinajstić information content (AvgIpc) is 2.76. The quantitative estimate of drug-likeness (QED) is 0.466. The van der Waals surface area contributed by atoms with E-state index in [1.807, 2.05) is 25.1 Å². The van der Waals surface area contributed by atoms with Crippen LogP contribution >= 0.6 is 0 Å². The zero-order chi connectivity index (χ0) is 21.1. The Bertz CT molecular complexity index is 771. The van der Waals surface area contributed by atoms with Gasteiger partial charge in [0.25, 0.3) is 0 Å². The van der Waals surface area contributed by atoms with Gasteiger partial charge in [0.15, 0.2) is 17.5 Å². The number of anilines is 1. The minimum atomic E-state index is 0.580. The molecular formula is C23H34N4O2. The maximum absolute atomic E-state index is 5.64. The van der Waals surface area contributed by atoms with Crippen molar-refractivity contribution in [3.05, 3.63) is 53.6 Å². The first kappa shape index (κ1) is 22.6. The summed E-state index contributed by atoms with van der Waals surface area (Å²) in [7, 11) is 3.40. The van der Waals surface area contributed by atoms with Crippen LogP contribution in [0.4, 0.5) is 5.69 Å². The van der Waals surface area contributed by atoms with Crippen molar-refractivity contribution in [2.24, 2.45) is 4.99 Å². The first-order valence-corrected chi connectivity index (χ1v) is 10.2. The molecule has 2 N–H and O–H groups in total. The van der Waals surface area contributed by atoms with Gasteiger partial charge < -0.3 is 20.1 Å². The Morgan fingerprint density at radius 3 is 2.24 bits per heavy atom. The van der Waals surface area contributed by atoms with Crippen LogP contribution < -0.4 is 20.1 Å². The molecule has 0 heterocycles. The molecule has 0 aliphatic carbocycles. The van der Waals surface area contributed by atoms with Gasteiger partial charge in [-0.3, -0.25) is 9.89 Å². The Hall–Kier alpha value is -2.73. The van der Waals surface area contributed by atoms with Crippen LogP contribution in [0.5, 0.6) is 11.5 Å². The number of hydrogen-bond acceptors (Lipinski definition) is 4. The molecule has 0 fully saturated rings. The van der Waals surface area contributed by atoms with E-state index in [0.717, 1.165) is 25.3 Å². The van der Waals surface area contributed by atoms with Crippen LogP contribution in [-0.2, 0) is 13.1 Å². The number of hydrogen-bond donors (Lipinski definition) is 2. The van der Waals surface area contributed by atoms with E-state index in [0.29, 0.717) is 30.6 Å². The molecule has 0 radical (unpaired) electrons. The molecule has 0 amide bonds. The summed E-state index contributed by atoms with van der Waals surface area (Å²) in [4.78, 5) is 6.72. The zero-order valence-corrected chi connectivity index (χ0v) is 18.3. The first-order chi connectivity index (χ1) is 14.1. The standard InChI is InChI=1S/C23H34N4O2/c1-6-27(7-2)17-19-11-9-18(10-12-19)16-25-23(24-4)26-20-13-14-21(28-5)22(15-20)29-8-3/h9-15H,6-8,16-17H2,1-5H3,(H2,24,25,26). The van der Waals surface area contributed by atoms with Gasteiger partial charge >= 0.3 is 0 Å². The number of ether oxygens (including phenoxy) is 2. The van der Waals surface area contributed by atoms with E-state index >= 15 is 0 Å². The van der Waals surface area contributed by atoms with Gasteiger partial charge in [0.05, 0.1) is 13.7 Å². The molecule has 6 heteroatoms. The lowest BCUT2D eigenvalue weighted by atomic mass is 10.1. The molecule has 0 bridgehead atoms. The maximum Gasteiger partial charge on any atom is 0.195 e. The fraction of sp³-hybridized carbons (Fsp3) is 0.435. The van der Waals surface area contributed by atoms with Gasteiger partial charge in [-0.15, -0.1) is 0 Å². The minimum absolute atomic E-state index is 0.580. The molecule has 0 spiro atoms. The molecule has 29 heavy (non-hydrogen) atoms. The number of guanidine groups is 1. The molecule has 6 nitrogen and oxygen atoms in total. The number of aliphatic imine (C=N–C) groups is 1. The van der Waals surface area contributed by atoms with Crippen molar-refractivity contribution < 1.29 is 9.47 Å². The fourth-order valence-corrected chi connectivity index (χ4v) is 2.99. The van der Waals surface area contributed by atoms with Gasteiger partial charge in [0.1, 0.15) is 0 Å². The van der Waals surface area contributed by atoms with Gasteiger partial charge in [0, 0.05) is 31.9 Å². The minimum Gasteiger partial charge on any atom is -0.493 e. The Morgan fingerprint density at radius 1 is 0.966 bits per heavy atom. The highest BCUT2D eigenvalue weighted by atomic mass is 16.5. The SMILES string of the molecule is CCOc1cc(NC(=NC)NCc2ccc(CN(CC)CC)cc2)ccc1OC. The summed E-state index contributed by atoms with van der Waals surface area (Å²) in [5.41, 5.74) is 3.43. The fourth-order valence-electron chi connectivity index (χ4n) is 2.99. The van der Waals surface area contributed by atoms with Gasteiger partial charge in [-0.1, -0.05) is 38.1 Å². The van der Waals surface area contributed by atoms with Gasteiger partial charge in [0.2, 0.25) is 0 Å². The molecule has 2 aromatic carbocycles. The predicted molar refractivity (Wildman–Crippen MR) is 121 cm³/mol. The number of nitrogens with one attached hydrogen (secondary N) is 2. The van der Waals surface area contributed by atoms with Crippen molar-refractivity contribution in [2.45, 2.75) is 33.9 Å². The molecule has 158 valence electrons. The summed E-state index contributed by atoms with van der Waals surface area (Å²) >= 11 is 0. The van der Waals surface area contributed by atoms with Gasteiger partial charge in [-0.2, -0.15) is 0 Å². The molecule has 0 saturated heterocycles. The largest absolute Gasteiger partial charge is 0.493 e. The lowest BCUT2D eigenvalue weighted by Crippen LogP contribution is -2.30.